The number of fused-ring (bicyclic) bond motifs is 1. The number of carbonyl (C=O) groups excluding carboxylic acids is 1. The first-order valence-corrected chi connectivity index (χ1v) is 10.9. The van der Waals surface area contributed by atoms with E-state index in [0.717, 1.165) is 14.7 Å². The Balaban J connectivity index is 1.88. The zero-order valence-corrected chi connectivity index (χ0v) is 18.6. The molecule has 12 heteroatoms. The fraction of sp³-hybridized carbons (Fsp3) is 0.368. The number of nitrogens with one attached hydrogen (secondary N) is 1. The Bertz CT molecular complexity index is 1410. The summed E-state index contributed by atoms with van der Waals surface area (Å²) in [6.07, 6.45) is -0.334. The number of sulfone groups is 1. The minimum Gasteiger partial charge on any atom is -0.495 e. The van der Waals surface area contributed by atoms with E-state index in [1.807, 2.05) is 13.0 Å². The van der Waals surface area contributed by atoms with Gasteiger partial charge in [0.1, 0.15) is 5.75 Å². The molecule has 3 aromatic rings. The Morgan fingerprint density at radius 3 is 2.45 bits per heavy atom. The van der Waals surface area contributed by atoms with Gasteiger partial charge >= 0.3 is 5.69 Å². The second kappa shape index (κ2) is 8.02. The number of imidazole rings is 1. The Kier molecular flexibility index (Phi) is 5.77. The molecule has 0 aliphatic carbocycles. The maximum atomic E-state index is 12.9. The predicted molar refractivity (Wildman–Crippen MR) is 114 cm³/mol. The lowest BCUT2D eigenvalue weighted by atomic mass is 10.2. The predicted octanol–water partition coefficient (Wildman–Crippen LogP) is 0.0902. The van der Waals surface area contributed by atoms with E-state index in [1.54, 1.807) is 12.1 Å². The number of benzene rings is 1. The summed E-state index contributed by atoms with van der Waals surface area (Å²) in [6, 6.07) is 5.24. The van der Waals surface area contributed by atoms with E-state index in [0.29, 0.717) is 11.4 Å². The van der Waals surface area contributed by atoms with Crippen LogP contribution in [0.25, 0.3) is 11.2 Å². The van der Waals surface area contributed by atoms with Crippen molar-refractivity contribution >= 4 is 32.6 Å². The molecule has 3 rings (SSSR count). The SMILES string of the molecule is COc1ccc(C)cc1NC(=O)CCS(=O)(=O)c1nc2c(=O)n(C)c(=O)n(C)c2n1C. The van der Waals surface area contributed by atoms with E-state index in [4.69, 9.17) is 4.74 Å². The topological polar surface area (TPSA) is 134 Å². The van der Waals surface area contributed by atoms with Crippen LogP contribution in [0.2, 0.25) is 0 Å². The van der Waals surface area contributed by atoms with E-state index in [1.165, 1.54) is 32.8 Å². The number of nitrogens with zero attached hydrogens (tertiary/aromatic N) is 4. The molecule has 166 valence electrons. The second-order valence-corrected chi connectivity index (χ2v) is 9.16. The van der Waals surface area contributed by atoms with Crippen molar-refractivity contribution in [3.63, 3.8) is 0 Å². The number of amides is 1. The van der Waals surface area contributed by atoms with Gasteiger partial charge in [-0.05, 0) is 24.6 Å². The van der Waals surface area contributed by atoms with Crippen LogP contribution in [0.4, 0.5) is 5.69 Å². The van der Waals surface area contributed by atoms with Gasteiger partial charge in [0.15, 0.2) is 11.2 Å². The van der Waals surface area contributed by atoms with Crippen molar-refractivity contribution in [2.24, 2.45) is 21.1 Å². The summed E-state index contributed by atoms with van der Waals surface area (Å²) in [5, 5.41) is 2.26. The van der Waals surface area contributed by atoms with Crippen LogP contribution in [-0.4, -0.2) is 45.9 Å². The molecule has 1 N–H and O–H groups in total. The van der Waals surface area contributed by atoms with Gasteiger partial charge in [-0.3, -0.25) is 18.7 Å². The highest BCUT2D eigenvalue weighted by Crippen LogP contribution is 2.25. The number of anilines is 1. The average molecular weight is 449 g/mol. The largest absolute Gasteiger partial charge is 0.495 e. The van der Waals surface area contributed by atoms with Crippen molar-refractivity contribution in [2.45, 2.75) is 18.5 Å². The first kappa shape index (κ1) is 22.3. The zero-order chi connectivity index (χ0) is 23.1. The number of rotatable bonds is 6. The highest BCUT2D eigenvalue weighted by molar-refractivity contribution is 7.91. The second-order valence-electron chi connectivity index (χ2n) is 7.15. The number of carbonyl (C=O) groups is 1. The lowest BCUT2D eigenvalue weighted by molar-refractivity contribution is -0.115. The quantitative estimate of drug-likeness (QED) is 0.564. The standard InChI is InChI=1S/C19H23N5O6S/c1-11-6-7-13(30-5)12(10-11)20-14(25)8-9-31(28,29)18-21-15-16(22(18)2)23(3)19(27)24(4)17(15)26/h6-7,10H,8-9H2,1-5H3,(H,20,25). The third kappa shape index (κ3) is 3.98. The number of hydrogen-bond acceptors (Lipinski definition) is 7. The Labute approximate surface area is 177 Å². The van der Waals surface area contributed by atoms with E-state index >= 15 is 0 Å². The van der Waals surface area contributed by atoms with E-state index in [9.17, 15) is 22.8 Å². The molecule has 31 heavy (non-hydrogen) atoms. The normalized spacial score (nSPS) is 11.6. The number of hydrogen-bond donors (Lipinski definition) is 1. The van der Waals surface area contributed by atoms with E-state index in [2.05, 4.69) is 10.3 Å². The number of methoxy groups -OCH3 is 1. The summed E-state index contributed by atoms with van der Waals surface area (Å²) >= 11 is 0. The lowest BCUT2D eigenvalue weighted by Gasteiger charge is -2.11. The highest BCUT2D eigenvalue weighted by Gasteiger charge is 2.26. The van der Waals surface area contributed by atoms with E-state index < -0.39 is 32.7 Å². The molecular formula is C19H23N5O6S. The highest BCUT2D eigenvalue weighted by atomic mass is 32.2. The smallest absolute Gasteiger partial charge is 0.332 e. The summed E-state index contributed by atoms with van der Waals surface area (Å²) in [7, 11) is 1.55. The molecule has 0 radical (unpaired) electrons. The fourth-order valence-electron chi connectivity index (χ4n) is 3.29. The van der Waals surface area contributed by atoms with Crippen molar-refractivity contribution in [1.82, 2.24) is 18.7 Å². The molecule has 0 spiro atoms. The minimum atomic E-state index is -4.03. The van der Waals surface area contributed by atoms with Crippen molar-refractivity contribution in [2.75, 3.05) is 18.2 Å². The molecule has 0 aliphatic rings. The van der Waals surface area contributed by atoms with Crippen LogP contribution in [0.5, 0.6) is 5.75 Å². The van der Waals surface area contributed by atoms with Crippen molar-refractivity contribution in [1.29, 1.82) is 0 Å². The molecule has 0 bridgehead atoms. The average Bonchev–Trinajstić information content (AvgIpc) is 3.07. The fourth-order valence-corrected chi connectivity index (χ4v) is 4.66. The van der Waals surface area contributed by atoms with Crippen molar-refractivity contribution < 1.29 is 17.9 Å². The monoisotopic (exact) mass is 449 g/mol. The Hall–Kier alpha value is -3.41. The maximum absolute atomic E-state index is 12.9. The number of aromatic nitrogens is 4. The third-order valence-corrected chi connectivity index (χ3v) is 6.59. The molecule has 11 nitrogen and oxygen atoms in total. The molecule has 0 atom stereocenters. The molecule has 2 heterocycles. The summed E-state index contributed by atoms with van der Waals surface area (Å²) in [5.74, 6) is -0.596. The molecule has 0 saturated heterocycles. The summed E-state index contributed by atoms with van der Waals surface area (Å²) < 4.78 is 34.1. The minimum absolute atomic E-state index is 0.0839. The van der Waals surface area contributed by atoms with Gasteiger partial charge in [-0.2, -0.15) is 0 Å². The van der Waals surface area contributed by atoms with Crippen LogP contribution >= 0.6 is 0 Å². The van der Waals surface area contributed by atoms with Gasteiger partial charge in [0.2, 0.25) is 20.9 Å². The van der Waals surface area contributed by atoms with Gasteiger partial charge in [0.25, 0.3) is 5.56 Å². The Morgan fingerprint density at radius 2 is 1.81 bits per heavy atom. The molecule has 0 fully saturated rings. The van der Waals surface area contributed by atoms with Crippen molar-refractivity contribution in [3.05, 3.63) is 44.6 Å². The molecular weight excluding hydrogens is 426 g/mol. The lowest BCUT2D eigenvalue weighted by Crippen LogP contribution is -2.37. The molecule has 1 amide bonds. The molecule has 0 aliphatic heterocycles. The van der Waals surface area contributed by atoms with Gasteiger partial charge in [0.05, 0.1) is 18.6 Å². The molecule has 0 saturated carbocycles. The van der Waals surface area contributed by atoms with E-state index in [-0.39, 0.29) is 22.7 Å². The maximum Gasteiger partial charge on any atom is 0.332 e. The number of aryl methyl sites for hydroxylation is 3. The van der Waals surface area contributed by atoms with Gasteiger partial charge in [-0.15, -0.1) is 0 Å². The molecule has 1 aromatic carbocycles. The molecule has 2 aromatic heterocycles. The first-order valence-electron chi connectivity index (χ1n) is 9.27. The van der Waals surface area contributed by atoms with Crippen LogP contribution in [0.1, 0.15) is 12.0 Å². The first-order chi connectivity index (χ1) is 14.5. The van der Waals surface area contributed by atoms with Gasteiger partial charge < -0.3 is 14.6 Å². The summed E-state index contributed by atoms with van der Waals surface area (Å²) in [5.41, 5.74) is -0.0163. The summed E-state index contributed by atoms with van der Waals surface area (Å²) in [6.45, 7) is 1.85. The van der Waals surface area contributed by atoms with Crippen LogP contribution in [0.3, 0.4) is 0 Å². The van der Waals surface area contributed by atoms with Gasteiger partial charge in [-0.25, -0.2) is 18.2 Å². The van der Waals surface area contributed by atoms with Crippen LogP contribution < -0.4 is 21.3 Å². The van der Waals surface area contributed by atoms with Crippen LogP contribution in [-0.2, 0) is 35.8 Å². The molecule has 0 unspecified atom stereocenters. The summed E-state index contributed by atoms with van der Waals surface area (Å²) in [4.78, 5) is 40.9. The number of ether oxygens (including phenoxy) is 1. The van der Waals surface area contributed by atoms with Crippen LogP contribution in [0, 0.1) is 6.92 Å². The van der Waals surface area contributed by atoms with Gasteiger partial charge in [-0.1, -0.05) is 6.07 Å². The third-order valence-electron chi connectivity index (χ3n) is 4.93. The van der Waals surface area contributed by atoms with Gasteiger partial charge in [0, 0.05) is 27.6 Å². The Morgan fingerprint density at radius 1 is 1.13 bits per heavy atom. The van der Waals surface area contributed by atoms with Crippen molar-refractivity contribution in [3.8, 4) is 5.75 Å². The van der Waals surface area contributed by atoms with Crippen LogP contribution in [0.15, 0.2) is 32.9 Å². The zero-order valence-electron chi connectivity index (χ0n) is 17.8.